The predicted molar refractivity (Wildman–Crippen MR) is 90.7 cm³/mol. The summed E-state index contributed by atoms with van der Waals surface area (Å²) in [5, 5.41) is 9.24. The molecule has 0 aliphatic rings. The van der Waals surface area contributed by atoms with Crippen LogP contribution >= 0.6 is 11.3 Å². The molecule has 24 heavy (non-hydrogen) atoms. The number of rotatable bonds is 3. The first-order valence-corrected chi connectivity index (χ1v) is 8.04. The van der Waals surface area contributed by atoms with Gasteiger partial charge in [-0.3, -0.25) is 10.1 Å². The summed E-state index contributed by atoms with van der Waals surface area (Å²) >= 11 is 1.31. The number of anilines is 1. The van der Waals surface area contributed by atoms with Crippen LogP contribution in [0.2, 0.25) is 0 Å². The third kappa shape index (κ3) is 2.77. The molecule has 4 rings (SSSR count). The molecule has 1 aromatic carbocycles. The lowest BCUT2D eigenvalue weighted by Crippen LogP contribution is -2.12. The molecule has 1 amide bonds. The molecule has 0 saturated heterocycles. The maximum absolute atomic E-state index is 13.0. The fourth-order valence-corrected chi connectivity index (χ4v) is 3.01. The van der Waals surface area contributed by atoms with Crippen molar-refractivity contribution in [3.8, 4) is 11.3 Å². The Balaban J connectivity index is 1.54. The van der Waals surface area contributed by atoms with Gasteiger partial charge in [0.05, 0.1) is 11.2 Å². The summed E-state index contributed by atoms with van der Waals surface area (Å²) < 4.78 is 14.6. The Hall–Kier alpha value is -3.06. The van der Waals surface area contributed by atoms with Crippen LogP contribution in [0, 0.1) is 5.82 Å². The third-order valence-corrected chi connectivity index (χ3v) is 4.22. The van der Waals surface area contributed by atoms with Gasteiger partial charge in [0.1, 0.15) is 5.82 Å². The Morgan fingerprint density at radius 1 is 1.17 bits per heavy atom. The quantitative estimate of drug-likeness (QED) is 0.617. The van der Waals surface area contributed by atoms with Gasteiger partial charge < -0.3 is 0 Å². The van der Waals surface area contributed by atoms with E-state index < -0.39 is 0 Å². The van der Waals surface area contributed by atoms with Crippen molar-refractivity contribution in [2.75, 3.05) is 5.32 Å². The molecule has 0 aliphatic carbocycles. The number of pyridine rings is 1. The summed E-state index contributed by atoms with van der Waals surface area (Å²) in [5.41, 5.74) is 2.64. The molecule has 0 fully saturated rings. The van der Waals surface area contributed by atoms with E-state index in [9.17, 15) is 9.18 Å². The number of thiazole rings is 1. The number of benzene rings is 1. The standard InChI is InChI=1S/C17H11FN4OS/c18-12-6-4-11(5-7-12)15-10-24-17(19-15)20-16(23)14-9-13-3-1-2-8-22(13)21-14/h1-10H,(H,19,20,23). The van der Waals surface area contributed by atoms with Gasteiger partial charge in [-0.05, 0) is 42.5 Å². The van der Waals surface area contributed by atoms with Crippen molar-refractivity contribution in [2.45, 2.75) is 0 Å². The van der Waals surface area contributed by atoms with Gasteiger partial charge in [0, 0.05) is 17.1 Å². The number of halogens is 1. The molecule has 7 heteroatoms. The molecule has 3 heterocycles. The second kappa shape index (κ2) is 5.86. The van der Waals surface area contributed by atoms with Gasteiger partial charge in [-0.15, -0.1) is 11.3 Å². The Bertz CT molecular complexity index is 989. The van der Waals surface area contributed by atoms with E-state index in [1.165, 1.54) is 23.5 Å². The van der Waals surface area contributed by atoms with E-state index in [1.54, 1.807) is 28.9 Å². The summed E-state index contributed by atoms with van der Waals surface area (Å²) in [5.74, 6) is -0.618. The summed E-state index contributed by atoms with van der Waals surface area (Å²) in [7, 11) is 0. The summed E-state index contributed by atoms with van der Waals surface area (Å²) in [6.07, 6.45) is 1.78. The molecule has 0 bridgehead atoms. The highest BCUT2D eigenvalue weighted by Gasteiger charge is 2.13. The van der Waals surface area contributed by atoms with Crippen LogP contribution in [0.4, 0.5) is 9.52 Å². The van der Waals surface area contributed by atoms with Crippen LogP contribution in [-0.4, -0.2) is 20.5 Å². The van der Waals surface area contributed by atoms with Gasteiger partial charge in [-0.2, -0.15) is 5.10 Å². The van der Waals surface area contributed by atoms with Crippen LogP contribution in [-0.2, 0) is 0 Å². The predicted octanol–water partition coefficient (Wildman–Crippen LogP) is 3.85. The topological polar surface area (TPSA) is 59.3 Å². The number of carbonyl (C=O) groups is 1. The molecule has 0 aliphatic heterocycles. The van der Waals surface area contributed by atoms with Crippen molar-refractivity contribution in [1.29, 1.82) is 0 Å². The Morgan fingerprint density at radius 2 is 2.00 bits per heavy atom. The minimum atomic E-state index is -0.321. The van der Waals surface area contributed by atoms with Gasteiger partial charge in [-0.25, -0.2) is 13.9 Å². The highest BCUT2D eigenvalue weighted by molar-refractivity contribution is 7.14. The molecule has 0 spiro atoms. The lowest BCUT2D eigenvalue weighted by molar-refractivity contribution is 0.102. The zero-order valence-corrected chi connectivity index (χ0v) is 13.1. The van der Waals surface area contributed by atoms with Crippen LogP contribution in [0.1, 0.15) is 10.5 Å². The second-order valence-electron chi connectivity index (χ2n) is 5.10. The Labute approximate surface area is 140 Å². The highest BCUT2D eigenvalue weighted by atomic mass is 32.1. The molecular formula is C17H11FN4OS. The van der Waals surface area contributed by atoms with Crippen LogP contribution in [0.25, 0.3) is 16.8 Å². The van der Waals surface area contributed by atoms with Crippen molar-refractivity contribution in [2.24, 2.45) is 0 Å². The average Bonchev–Trinajstić information content (AvgIpc) is 3.22. The van der Waals surface area contributed by atoms with E-state index in [4.69, 9.17) is 0 Å². The molecule has 118 valence electrons. The van der Waals surface area contributed by atoms with Gasteiger partial charge in [0.25, 0.3) is 5.91 Å². The zero-order chi connectivity index (χ0) is 16.5. The number of nitrogens with one attached hydrogen (secondary N) is 1. The van der Waals surface area contributed by atoms with Crippen LogP contribution in [0.3, 0.4) is 0 Å². The van der Waals surface area contributed by atoms with E-state index in [-0.39, 0.29) is 11.7 Å². The van der Waals surface area contributed by atoms with Crippen molar-refractivity contribution < 1.29 is 9.18 Å². The Morgan fingerprint density at radius 3 is 2.79 bits per heavy atom. The number of nitrogens with zero attached hydrogens (tertiary/aromatic N) is 3. The van der Waals surface area contributed by atoms with Gasteiger partial charge in [0.2, 0.25) is 0 Å². The van der Waals surface area contributed by atoms with Crippen LogP contribution < -0.4 is 5.32 Å². The van der Waals surface area contributed by atoms with Gasteiger partial charge in [-0.1, -0.05) is 6.07 Å². The molecule has 1 N–H and O–H groups in total. The monoisotopic (exact) mass is 338 g/mol. The van der Waals surface area contributed by atoms with Crippen LogP contribution in [0.5, 0.6) is 0 Å². The zero-order valence-electron chi connectivity index (χ0n) is 12.3. The molecular weight excluding hydrogens is 327 g/mol. The number of amides is 1. The fourth-order valence-electron chi connectivity index (χ4n) is 2.29. The number of hydrogen-bond acceptors (Lipinski definition) is 4. The highest BCUT2D eigenvalue weighted by Crippen LogP contribution is 2.25. The van der Waals surface area contributed by atoms with Gasteiger partial charge >= 0.3 is 0 Å². The summed E-state index contributed by atoms with van der Waals surface area (Å²) in [6, 6.07) is 13.4. The number of carbonyl (C=O) groups excluding carboxylic acids is 1. The fraction of sp³-hybridized carbons (Fsp3) is 0. The first-order valence-electron chi connectivity index (χ1n) is 7.16. The maximum Gasteiger partial charge on any atom is 0.277 e. The Kier molecular flexibility index (Phi) is 3.55. The molecule has 0 radical (unpaired) electrons. The minimum absolute atomic E-state index is 0.297. The maximum atomic E-state index is 13.0. The van der Waals surface area contributed by atoms with E-state index in [1.807, 2.05) is 23.6 Å². The molecule has 3 aromatic heterocycles. The van der Waals surface area contributed by atoms with Crippen molar-refractivity contribution >= 4 is 27.9 Å². The van der Waals surface area contributed by atoms with Crippen LogP contribution in [0.15, 0.2) is 60.1 Å². The average molecular weight is 338 g/mol. The molecule has 0 saturated carbocycles. The molecule has 0 atom stereocenters. The first kappa shape index (κ1) is 14.5. The smallest absolute Gasteiger partial charge is 0.277 e. The number of hydrogen-bond donors (Lipinski definition) is 1. The lowest BCUT2D eigenvalue weighted by Gasteiger charge is -1.98. The third-order valence-electron chi connectivity index (χ3n) is 3.47. The largest absolute Gasteiger partial charge is 0.296 e. The summed E-state index contributed by atoms with van der Waals surface area (Å²) in [6.45, 7) is 0. The first-order chi connectivity index (χ1) is 11.7. The normalized spacial score (nSPS) is 10.9. The SMILES string of the molecule is O=C(Nc1nc(-c2ccc(F)cc2)cs1)c1cc2ccccn2n1. The molecule has 4 aromatic rings. The van der Waals surface area contributed by atoms with Gasteiger partial charge in [0.15, 0.2) is 10.8 Å². The summed E-state index contributed by atoms with van der Waals surface area (Å²) in [4.78, 5) is 16.7. The van der Waals surface area contributed by atoms with E-state index in [0.29, 0.717) is 16.5 Å². The van der Waals surface area contributed by atoms with E-state index in [0.717, 1.165) is 11.1 Å². The van der Waals surface area contributed by atoms with Crippen molar-refractivity contribution in [3.63, 3.8) is 0 Å². The second-order valence-corrected chi connectivity index (χ2v) is 5.96. The van der Waals surface area contributed by atoms with Crippen molar-refractivity contribution in [1.82, 2.24) is 14.6 Å². The van der Waals surface area contributed by atoms with E-state index in [2.05, 4.69) is 15.4 Å². The number of aromatic nitrogens is 3. The lowest BCUT2D eigenvalue weighted by atomic mass is 10.2. The van der Waals surface area contributed by atoms with Crippen molar-refractivity contribution in [3.05, 3.63) is 71.6 Å². The minimum Gasteiger partial charge on any atom is -0.296 e. The molecule has 0 unspecified atom stereocenters. The van der Waals surface area contributed by atoms with E-state index >= 15 is 0 Å². The number of fused-ring (bicyclic) bond motifs is 1. The molecule has 5 nitrogen and oxygen atoms in total.